The summed E-state index contributed by atoms with van der Waals surface area (Å²) in [6, 6.07) is 5.85. The highest BCUT2D eigenvalue weighted by molar-refractivity contribution is 7.92. The quantitative estimate of drug-likeness (QED) is 0.601. The van der Waals surface area contributed by atoms with Gasteiger partial charge in [-0.2, -0.15) is 0 Å². The van der Waals surface area contributed by atoms with Crippen molar-refractivity contribution in [3.63, 3.8) is 0 Å². The van der Waals surface area contributed by atoms with Crippen molar-refractivity contribution in [3.05, 3.63) is 23.8 Å². The lowest BCUT2D eigenvalue weighted by Crippen LogP contribution is -2.26. The fourth-order valence-corrected chi connectivity index (χ4v) is 5.16. The summed E-state index contributed by atoms with van der Waals surface area (Å²) >= 11 is -0.655. The number of ether oxygens (including phenoxy) is 1. The summed E-state index contributed by atoms with van der Waals surface area (Å²) in [4.78, 5) is 11.4. The van der Waals surface area contributed by atoms with Crippen molar-refractivity contribution in [1.29, 1.82) is 0 Å². The summed E-state index contributed by atoms with van der Waals surface area (Å²) in [6.45, 7) is 0.660. The number of anilines is 1. The maximum atomic E-state index is 12.3. The molecule has 0 bridgehead atoms. The van der Waals surface area contributed by atoms with Crippen molar-refractivity contribution < 1.29 is 14.1 Å². The molecule has 1 N–H and O–H groups in total. The molecule has 1 aliphatic carbocycles. The standard InChI is InChI=1S/C19H27NO3S/c21-19-11-8-15-14-16(9-10-18(15)20-19)23-12-4-5-13-24(22)17-6-2-1-3-7-17/h9-10,14,17H,1-8,11-13H2,(H,20,21). The number of fused-ring (bicyclic) bond motifs is 1. The van der Waals surface area contributed by atoms with Crippen LogP contribution in [0.2, 0.25) is 0 Å². The molecule has 1 aromatic carbocycles. The molecule has 0 aromatic heterocycles. The van der Waals surface area contributed by atoms with Crippen molar-refractivity contribution in [3.8, 4) is 5.75 Å². The SMILES string of the molecule is O=C1CCc2cc(OCCCC[S+]([O-])C3CCCCC3)ccc2N1. The van der Waals surface area contributed by atoms with Gasteiger partial charge in [0.2, 0.25) is 5.91 Å². The topological polar surface area (TPSA) is 61.4 Å². The zero-order chi connectivity index (χ0) is 16.8. The molecule has 2 aliphatic rings. The average molecular weight is 349 g/mol. The van der Waals surface area contributed by atoms with Gasteiger partial charge in [0.25, 0.3) is 0 Å². The molecular formula is C19H27NO3S. The zero-order valence-corrected chi connectivity index (χ0v) is 15.0. The van der Waals surface area contributed by atoms with E-state index in [9.17, 15) is 9.35 Å². The first kappa shape index (κ1) is 17.6. The Kier molecular flexibility index (Phi) is 6.44. The van der Waals surface area contributed by atoms with Crippen LogP contribution in [0.4, 0.5) is 5.69 Å². The van der Waals surface area contributed by atoms with Crippen LogP contribution < -0.4 is 10.1 Å². The Balaban J connectivity index is 1.35. The normalized spacial score (nSPS) is 19.5. The van der Waals surface area contributed by atoms with Gasteiger partial charge < -0.3 is 14.6 Å². The van der Waals surface area contributed by atoms with Gasteiger partial charge in [0, 0.05) is 12.1 Å². The van der Waals surface area contributed by atoms with Crippen LogP contribution >= 0.6 is 0 Å². The third-order valence-electron chi connectivity index (χ3n) is 4.90. The first-order valence-corrected chi connectivity index (χ1v) is 10.5. The number of carbonyl (C=O) groups excluding carboxylic acids is 1. The summed E-state index contributed by atoms with van der Waals surface area (Å²) in [6.07, 6.45) is 9.32. The predicted molar refractivity (Wildman–Crippen MR) is 98.0 cm³/mol. The van der Waals surface area contributed by atoms with E-state index >= 15 is 0 Å². The monoisotopic (exact) mass is 349 g/mol. The van der Waals surface area contributed by atoms with Gasteiger partial charge in [0.15, 0.2) is 0 Å². The minimum absolute atomic E-state index is 0.0853. The number of unbranched alkanes of at least 4 members (excludes halogenated alkanes) is 1. The van der Waals surface area contributed by atoms with E-state index in [4.69, 9.17) is 4.74 Å². The highest BCUT2D eigenvalue weighted by atomic mass is 32.2. The number of aryl methyl sites for hydroxylation is 1. The Morgan fingerprint density at radius 3 is 2.83 bits per heavy atom. The number of amides is 1. The zero-order valence-electron chi connectivity index (χ0n) is 14.2. The molecule has 3 rings (SSSR count). The van der Waals surface area contributed by atoms with Crippen LogP contribution in [0.3, 0.4) is 0 Å². The predicted octanol–water partition coefficient (Wildman–Crippen LogP) is 3.81. The van der Waals surface area contributed by atoms with Crippen LogP contribution in [0.25, 0.3) is 0 Å². The Bertz CT molecular complexity index is 558. The van der Waals surface area contributed by atoms with E-state index in [1.54, 1.807) is 0 Å². The Morgan fingerprint density at radius 2 is 2.00 bits per heavy atom. The summed E-state index contributed by atoms with van der Waals surface area (Å²) in [5.41, 5.74) is 2.05. The van der Waals surface area contributed by atoms with E-state index in [1.807, 2.05) is 18.2 Å². The van der Waals surface area contributed by atoms with Crippen LogP contribution in [-0.2, 0) is 22.4 Å². The van der Waals surface area contributed by atoms with Gasteiger partial charge in [-0.3, -0.25) is 4.79 Å². The summed E-state index contributed by atoms with van der Waals surface area (Å²) < 4.78 is 18.1. The molecule has 1 saturated carbocycles. The molecule has 0 radical (unpaired) electrons. The van der Waals surface area contributed by atoms with Gasteiger partial charge in [-0.25, -0.2) is 0 Å². The van der Waals surface area contributed by atoms with Crippen molar-refractivity contribution >= 4 is 22.8 Å². The Morgan fingerprint density at radius 1 is 1.17 bits per heavy atom. The molecular weight excluding hydrogens is 322 g/mol. The maximum absolute atomic E-state index is 12.3. The average Bonchev–Trinajstić information content (AvgIpc) is 2.62. The summed E-state index contributed by atoms with van der Waals surface area (Å²) in [5.74, 6) is 1.75. The molecule has 5 heteroatoms. The second-order valence-corrected chi connectivity index (χ2v) is 8.60. The third kappa shape index (κ3) is 4.90. The van der Waals surface area contributed by atoms with Crippen LogP contribution in [0.15, 0.2) is 18.2 Å². The minimum atomic E-state index is -0.655. The number of rotatable bonds is 7. The molecule has 1 atom stereocenters. The van der Waals surface area contributed by atoms with E-state index in [0.29, 0.717) is 18.3 Å². The molecule has 1 amide bonds. The molecule has 0 saturated heterocycles. The lowest BCUT2D eigenvalue weighted by Gasteiger charge is -2.25. The molecule has 1 heterocycles. The van der Waals surface area contributed by atoms with Crippen molar-refractivity contribution in [2.45, 2.75) is 63.0 Å². The van der Waals surface area contributed by atoms with Gasteiger partial charge in [0.1, 0.15) is 16.8 Å². The van der Waals surface area contributed by atoms with Crippen LogP contribution in [-0.4, -0.2) is 28.1 Å². The fourth-order valence-electron chi connectivity index (χ4n) is 3.48. The van der Waals surface area contributed by atoms with Crippen LogP contribution in [0.1, 0.15) is 56.9 Å². The second-order valence-electron chi connectivity index (χ2n) is 6.77. The van der Waals surface area contributed by atoms with Gasteiger partial charge in [0.05, 0.1) is 6.61 Å². The van der Waals surface area contributed by atoms with E-state index in [2.05, 4.69) is 5.32 Å². The summed E-state index contributed by atoms with van der Waals surface area (Å²) in [7, 11) is 0. The molecule has 0 spiro atoms. The van der Waals surface area contributed by atoms with Crippen LogP contribution in [0.5, 0.6) is 5.75 Å². The van der Waals surface area contributed by atoms with E-state index in [0.717, 1.165) is 54.9 Å². The van der Waals surface area contributed by atoms with Gasteiger partial charge >= 0.3 is 0 Å². The smallest absolute Gasteiger partial charge is 0.224 e. The van der Waals surface area contributed by atoms with Gasteiger partial charge in [-0.15, -0.1) is 0 Å². The maximum Gasteiger partial charge on any atom is 0.224 e. The lowest BCUT2D eigenvalue weighted by molar-refractivity contribution is -0.116. The number of carbonyl (C=O) groups is 1. The van der Waals surface area contributed by atoms with Gasteiger partial charge in [-0.05, 0) is 68.7 Å². The van der Waals surface area contributed by atoms with E-state index < -0.39 is 11.2 Å². The first-order chi connectivity index (χ1) is 11.7. The van der Waals surface area contributed by atoms with Crippen molar-refractivity contribution in [1.82, 2.24) is 0 Å². The fraction of sp³-hybridized carbons (Fsp3) is 0.632. The molecule has 1 aliphatic heterocycles. The molecule has 4 nitrogen and oxygen atoms in total. The molecule has 132 valence electrons. The highest BCUT2D eigenvalue weighted by Crippen LogP contribution is 2.27. The van der Waals surface area contributed by atoms with Crippen molar-refractivity contribution in [2.75, 3.05) is 17.7 Å². The summed E-state index contributed by atoms with van der Waals surface area (Å²) in [5, 5.41) is 3.32. The van der Waals surface area contributed by atoms with E-state index in [1.165, 1.54) is 19.3 Å². The third-order valence-corrected chi connectivity index (χ3v) is 6.81. The Labute approximate surface area is 147 Å². The minimum Gasteiger partial charge on any atom is -0.616 e. The molecule has 1 aromatic rings. The van der Waals surface area contributed by atoms with Gasteiger partial charge in [-0.1, -0.05) is 17.6 Å². The molecule has 1 unspecified atom stereocenters. The molecule has 1 fully saturated rings. The van der Waals surface area contributed by atoms with Crippen molar-refractivity contribution in [2.24, 2.45) is 0 Å². The number of nitrogens with one attached hydrogen (secondary N) is 1. The number of benzene rings is 1. The second kappa shape index (κ2) is 8.77. The highest BCUT2D eigenvalue weighted by Gasteiger charge is 2.24. The lowest BCUT2D eigenvalue weighted by atomic mass is 10.0. The molecule has 24 heavy (non-hydrogen) atoms. The number of hydrogen-bond donors (Lipinski definition) is 1. The van der Waals surface area contributed by atoms with E-state index in [-0.39, 0.29) is 5.91 Å². The number of hydrogen-bond acceptors (Lipinski definition) is 3. The Hall–Kier alpha value is -1.20. The largest absolute Gasteiger partial charge is 0.616 e. The first-order valence-electron chi connectivity index (χ1n) is 9.15. The van der Waals surface area contributed by atoms with Crippen LogP contribution in [0, 0.1) is 0 Å².